The summed E-state index contributed by atoms with van der Waals surface area (Å²) in [5.74, 6) is 0.811. The van der Waals surface area contributed by atoms with Crippen molar-refractivity contribution in [2.24, 2.45) is 0 Å². The maximum Gasteiger partial charge on any atom is 0.267 e. The Morgan fingerprint density at radius 2 is 2.22 bits per heavy atom. The molecule has 0 spiro atoms. The van der Waals surface area contributed by atoms with E-state index in [4.69, 9.17) is 4.74 Å². The minimum Gasteiger partial charge on any atom is -0.479 e. The van der Waals surface area contributed by atoms with Gasteiger partial charge < -0.3 is 15.0 Å². The van der Waals surface area contributed by atoms with Crippen LogP contribution in [0.2, 0.25) is 0 Å². The third kappa shape index (κ3) is 2.08. The Labute approximate surface area is 107 Å². The standard InChI is InChI=1S/C14H18N2O2/c1-9-14(17)16(2)12-6-3-10(7-13(12)18-9)8-15-11-4-5-11/h3,6-7,9,11,15H,4-5,8H2,1-2H3. The van der Waals surface area contributed by atoms with E-state index >= 15 is 0 Å². The minimum absolute atomic E-state index is 0.00588. The molecule has 4 heteroatoms. The average Bonchev–Trinajstić information content (AvgIpc) is 3.17. The van der Waals surface area contributed by atoms with Gasteiger partial charge in [-0.05, 0) is 37.5 Å². The van der Waals surface area contributed by atoms with E-state index in [-0.39, 0.29) is 5.91 Å². The molecule has 1 aromatic rings. The van der Waals surface area contributed by atoms with Gasteiger partial charge in [0.15, 0.2) is 6.10 Å². The lowest BCUT2D eigenvalue weighted by Gasteiger charge is -2.30. The van der Waals surface area contributed by atoms with E-state index in [0.29, 0.717) is 6.04 Å². The van der Waals surface area contributed by atoms with Gasteiger partial charge in [-0.25, -0.2) is 0 Å². The number of hydrogen-bond donors (Lipinski definition) is 1. The van der Waals surface area contributed by atoms with Crippen LogP contribution in [0.4, 0.5) is 5.69 Å². The summed E-state index contributed by atoms with van der Waals surface area (Å²) in [4.78, 5) is 13.5. The van der Waals surface area contributed by atoms with Crippen LogP contribution in [0.5, 0.6) is 5.75 Å². The molecular weight excluding hydrogens is 228 g/mol. The molecule has 2 aliphatic rings. The number of nitrogens with zero attached hydrogens (tertiary/aromatic N) is 1. The summed E-state index contributed by atoms with van der Waals surface area (Å²) in [6.07, 6.45) is 2.18. The quantitative estimate of drug-likeness (QED) is 0.882. The number of carbonyl (C=O) groups excluding carboxylic acids is 1. The zero-order valence-electron chi connectivity index (χ0n) is 10.8. The third-order valence-electron chi connectivity index (χ3n) is 3.54. The Bertz CT molecular complexity index is 483. The molecule has 1 aliphatic heterocycles. The highest BCUT2D eigenvalue weighted by molar-refractivity contribution is 5.99. The lowest BCUT2D eigenvalue weighted by atomic mass is 10.1. The predicted molar refractivity (Wildman–Crippen MR) is 69.8 cm³/mol. The van der Waals surface area contributed by atoms with Crippen LogP contribution in [0.15, 0.2) is 18.2 Å². The molecule has 1 saturated carbocycles. The van der Waals surface area contributed by atoms with E-state index in [1.54, 1.807) is 18.9 Å². The predicted octanol–water partition coefficient (Wildman–Crippen LogP) is 1.68. The molecule has 1 aromatic carbocycles. The highest BCUT2D eigenvalue weighted by Crippen LogP contribution is 2.34. The summed E-state index contributed by atoms with van der Waals surface area (Å²) < 4.78 is 5.66. The third-order valence-corrected chi connectivity index (χ3v) is 3.54. The summed E-state index contributed by atoms with van der Waals surface area (Å²) in [5, 5.41) is 3.47. The van der Waals surface area contributed by atoms with Gasteiger partial charge in [0.1, 0.15) is 5.75 Å². The Morgan fingerprint density at radius 3 is 2.94 bits per heavy atom. The number of hydrogen-bond acceptors (Lipinski definition) is 3. The number of benzene rings is 1. The zero-order valence-corrected chi connectivity index (χ0v) is 10.8. The largest absolute Gasteiger partial charge is 0.479 e. The summed E-state index contributed by atoms with van der Waals surface area (Å²) in [6.45, 7) is 2.66. The first-order chi connectivity index (χ1) is 8.65. The first-order valence-electron chi connectivity index (χ1n) is 6.45. The SMILES string of the molecule is CC1Oc2cc(CNC3CC3)ccc2N(C)C1=O. The molecule has 1 fully saturated rings. The molecule has 1 aliphatic carbocycles. The van der Waals surface area contributed by atoms with Gasteiger partial charge in [-0.3, -0.25) is 4.79 Å². The van der Waals surface area contributed by atoms with Crippen molar-refractivity contribution < 1.29 is 9.53 Å². The van der Waals surface area contributed by atoms with E-state index in [0.717, 1.165) is 18.0 Å². The molecule has 4 nitrogen and oxygen atoms in total. The van der Waals surface area contributed by atoms with Crippen LogP contribution in [0, 0.1) is 0 Å². The molecule has 3 rings (SSSR count). The van der Waals surface area contributed by atoms with Crippen LogP contribution in [0.3, 0.4) is 0 Å². The number of carbonyl (C=O) groups is 1. The fourth-order valence-electron chi connectivity index (χ4n) is 2.22. The Morgan fingerprint density at radius 1 is 1.44 bits per heavy atom. The van der Waals surface area contributed by atoms with Gasteiger partial charge in [0, 0.05) is 19.6 Å². The monoisotopic (exact) mass is 246 g/mol. The van der Waals surface area contributed by atoms with E-state index < -0.39 is 6.10 Å². The van der Waals surface area contributed by atoms with Crippen molar-refractivity contribution in [1.29, 1.82) is 0 Å². The molecule has 1 atom stereocenters. The molecule has 0 radical (unpaired) electrons. The van der Waals surface area contributed by atoms with Crippen molar-refractivity contribution in [2.75, 3.05) is 11.9 Å². The van der Waals surface area contributed by atoms with E-state index in [1.165, 1.54) is 18.4 Å². The smallest absolute Gasteiger partial charge is 0.267 e. The second kappa shape index (κ2) is 4.28. The van der Waals surface area contributed by atoms with Gasteiger partial charge in [0.25, 0.3) is 5.91 Å². The van der Waals surface area contributed by atoms with Crippen LogP contribution in [0.25, 0.3) is 0 Å². The molecule has 96 valence electrons. The Balaban J connectivity index is 1.81. The molecule has 18 heavy (non-hydrogen) atoms. The summed E-state index contributed by atoms with van der Waals surface area (Å²) in [7, 11) is 1.79. The van der Waals surface area contributed by atoms with E-state index in [9.17, 15) is 4.79 Å². The van der Waals surface area contributed by atoms with Crippen LogP contribution >= 0.6 is 0 Å². The number of ether oxygens (including phenoxy) is 1. The molecular formula is C14H18N2O2. The molecule has 1 amide bonds. The highest BCUT2D eigenvalue weighted by Gasteiger charge is 2.29. The van der Waals surface area contributed by atoms with Gasteiger partial charge >= 0.3 is 0 Å². The lowest BCUT2D eigenvalue weighted by molar-refractivity contribution is -0.125. The summed E-state index contributed by atoms with van der Waals surface area (Å²) in [6, 6.07) is 6.75. The minimum atomic E-state index is -0.394. The Hall–Kier alpha value is -1.55. The van der Waals surface area contributed by atoms with Gasteiger partial charge in [0.05, 0.1) is 5.69 Å². The second-order valence-corrected chi connectivity index (χ2v) is 5.11. The average molecular weight is 246 g/mol. The number of nitrogens with one attached hydrogen (secondary N) is 1. The molecule has 1 N–H and O–H groups in total. The fraction of sp³-hybridized carbons (Fsp3) is 0.500. The first kappa shape index (κ1) is 11.5. The van der Waals surface area contributed by atoms with Crippen LogP contribution in [0.1, 0.15) is 25.3 Å². The van der Waals surface area contributed by atoms with Crippen molar-refractivity contribution >= 4 is 11.6 Å². The van der Waals surface area contributed by atoms with E-state index in [1.807, 2.05) is 12.1 Å². The maximum atomic E-state index is 11.8. The van der Waals surface area contributed by atoms with Gasteiger partial charge in [-0.1, -0.05) is 6.07 Å². The van der Waals surface area contributed by atoms with Crippen molar-refractivity contribution in [2.45, 2.75) is 38.5 Å². The fourth-order valence-corrected chi connectivity index (χ4v) is 2.22. The van der Waals surface area contributed by atoms with Crippen LogP contribution in [-0.4, -0.2) is 25.1 Å². The number of anilines is 1. The first-order valence-corrected chi connectivity index (χ1v) is 6.45. The van der Waals surface area contributed by atoms with Gasteiger partial charge in [0.2, 0.25) is 0 Å². The van der Waals surface area contributed by atoms with Crippen molar-refractivity contribution in [3.8, 4) is 5.75 Å². The van der Waals surface area contributed by atoms with Crippen molar-refractivity contribution in [3.63, 3.8) is 0 Å². The van der Waals surface area contributed by atoms with Crippen LogP contribution < -0.4 is 15.0 Å². The van der Waals surface area contributed by atoms with Crippen LogP contribution in [-0.2, 0) is 11.3 Å². The van der Waals surface area contributed by atoms with E-state index in [2.05, 4.69) is 11.4 Å². The maximum absolute atomic E-state index is 11.8. The molecule has 0 bridgehead atoms. The normalized spacial score (nSPS) is 22.7. The van der Waals surface area contributed by atoms with Gasteiger partial charge in [-0.2, -0.15) is 0 Å². The second-order valence-electron chi connectivity index (χ2n) is 5.11. The van der Waals surface area contributed by atoms with Gasteiger partial charge in [-0.15, -0.1) is 0 Å². The number of likely N-dealkylation sites (N-methyl/N-ethyl adjacent to an activating group) is 1. The zero-order chi connectivity index (χ0) is 12.7. The topological polar surface area (TPSA) is 41.6 Å². The van der Waals surface area contributed by atoms with Crippen molar-refractivity contribution in [3.05, 3.63) is 23.8 Å². The lowest BCUT2D eigenvalue weighted by Crippen LogP contribution is -2.42. The molecule has 1 unspecified atom stereocenters. The number of amides is 1. The highest BCUT2D eigenvalue weighted by atomic mass is 16.5. The number of rotatable bonds is 3. The Kier molecular flexibility index (Phi) is 2.74. The molecule has 0 saturated heterocycles. The summed E-state index contributed by atoms with van der Waals surface area (Å²) >= 11 is 0. The molecule has 1 heterocycles. The summed E-state index contributed by atoms with van der Waals surface area (Å²) in [5.41, 5.74) is 2.06. The molecule has 0 aromatic heterocycles. The van der Waals surface area contributed by atoms with Crippen molar-refractivity contribution in [1.82, 2.24) is 5.32 Å². The number of fused-ring (bicyclic) bond motifs is 1.